The van der Waals surface area contributed by atoms with Crippen LogP contribution < -0.4 is 15.4 Å². The second-order valence-corrected chi connectivity index (χ2v) is 7.49. The first-order chi connectivity index (χ1) is 13.8. The quantitative estimate of drug-likeness (QED) is 0.782. The number of ether oxygens (including phenoxy) is 1. The van der Waals surface area contributed by atoms with Gasteiger partial charge in [-0.2, -0.15) is 18.2 Å². The number of benzene rings is 1. The van der Waals surface area contributed by atoms with Crippen LogP contribution in [0.4, 0.5) is 24.9 Å². The molecule has 0 radical (unpaired) electrons. The van der Waals surface area contributed by atoms with Gasteiger partial charge in [-0.15, -0.1) is 0 Å². The second-order valence-electron chi connectivity index (χ2n) is 7.49. The Bertz CT molecular complexity index is 916. The number of morpholine rings is 1. The van der Waals surface area contributed by atoms with Crippen LogP contribution in [0.3, 0.4) is 0 Å². The van der Waals surface area contributed by atoms with Crippen molar-refractivity contribution < 1.29 is 17.9 Å². The molecule has 2 aliphatic rings. The van der Waals surface area contributed by atoms with Crippen molar-refractivity contribution in [3.05, 3.63) is 52.3 Å². The normalized spacial score (nSPS) is 22.5. The lowest BCUT2D eigenvalue weighted by atomic mass is 10.1. The van der Waals surface area contributed by atoms with Crippen LogP contribution in [0, 0.1) is 0 Å². The van der Waals surface area contributed by atoms with Crippen LogP contribution in [-0.4, -0.2) is 47.6 Å². The second kappa shape index (κ2) is 7.70. The summed E-state index contributed by atoms with van der Waals surface area (Å²) in [5.74, 6) is 0.473. The van der Waals surface area contributed by atoms with Gasteiger partial charge >= 0.3 is 6.18 Å². The largest absolute Gasteiger partial charge is 0.408 e. The molecule has 2 atom stereocenters. The predicted octanol–water partition coefficient (Wildman–Crippen LogP) is 2.81. The smallest absolute Gasteiger partial charge is 0.375 e. The molecule has 0 aliphatic carbocycles. The summed E-state index contributed by atoms with van der Waals surface area (Å²) in [6.45, 7) is 3.51. The van der Waals surface area contributed by atoms with Crippen molar-refractivity contribution in [3.63, 3.8) is 0 Å². The third-order valence-electron chi connectivity index (χ3n) is 5.37. The third kappa shape index (κ3) is 4.10. The van der Waals surface area contributed by atoms with E-state index >= 15 is 0 Å². The van der Waals surface area contributed by atoms with Crippen molar-refractivity contribution in [2.24, 2.45) is 0 Å². The molecule has 6 nitrogen and oxygen atoms in total. The summed E-state index contributed by atoms with van der Waals surface area (Å²) in [7, 11) is 0. The van der Waals surface area contributed by atoms with Crippen molar-refractivity contribution in [3.8, 4) is 0 Å². The molecule has 1 aromatic carbocycles. The van der Waals surface area contributed by atoms with Crippen LogP contribution in [0.1, 0.15) is 18.9 Å². The van der Waals surface area contributed by atoms with E-state index in [0.29, 0.717) is 25.5 Å². The fourth-order valence-electron chi connectivity index (χ4n) is 3.95. The molecule has 0 spiro atoms. The van der Waals surface area contributed by atoms with Gasteiger partial charge in [0.05, 0.1) is 12.7 Å². The summed E-state index contributed by atoms with van der Waals surface area (Å²) >= 11 is 0. The Kier molecular flexibility index (Phi) is 5.24. The van der Waals surface area contributed by atoms with Crippen LogP contribution in [-0.2, 0) is 17.8 Å². The number of nitrogens with zero attached hydrogens (tertiary/aromatic N) is 4. The molecule has 2 unspecified atom stereocenters. The van der Waals surface area contributed by atoms with Gasteiger partial charge in [-0.05, 0) is 18.9 Å². The molecule has 1 aromatic heterocycles. The minimum Gasteiger partial charge on any atom is -0.375 e. The Morgan fingerprint density at radius 2 is 1.97 bits per heavy atom. The molecule has 1 fully saturated rings. The van der Waals surface area contributed by atoms with E-state index in [4.69, 9.17) is 4.74 Å². The maximum Gasteiger partial charge on any atom is 0.408 e. The van der Waals surface area contributed by atoms with Crippen LogP contribution >= 0.6 is 0 Å². The van der Waals surface area contributed by atoms with Gasteiger partial charge < -0.3 is 14.5 Å². The molecule has 0 bridgehead atoms. The Labute approximate surface area is 166 Å². The Morgan fingerprint density at radius 3 is 2.66 bits per heavy atom. The summed E-state index contributed by atoms with van der Waals surface area (Å²) in [5.41, 5.74) is 0.401. The maximum absolute atomic E-state index is 13.8. The number of fused-ring (bicyclic) bond motifs is 1. The van der Waals surface area contributed by atoms with Crippen LogP contribution in [0.25, 0.3) is 0 Å². The van der Waals surface area contributed by atoms with Gasteiger partial charge in [-0.3, -0.25) is 9.36 Å². The molecule has 9 heteroatoms. The lowest BCUT2D eigenvalue weighted by Crippen LogP contribution is -2.52. The molecule has 1 saturated heterocycles. The number of halogens is 3. The van der Waals surface area contributed by atoms with Gasteiger partial charge in [0.25, 0.3) is 5.56 Å². The van der Waals surface area contributed by atoms with Crippen molar-refractivity contribution in [1.82, 2.24) is 9.55 Å². The van der Waals surface area contributed by atoms with Gasteiger partial charge in [0, 0.05) is 32.2 Å². The molecule has 0 N–H and O–H groups in total. The number of anilines is 2. The summed E-state index contributed by atoms with van der Waals surface area (Å²) in [5, 5.41) is 0. The number of alkyl halides is 3. The van der Waals surface area contributed by atoms with Gasteiger partial charge in [0.1, 0.15) is 11.9 Å². The standard InChI is InChI=1S/C20H23F3N4O2/c1-14-12-25(9-10-29-14)17-11-18(28)26-8-7-16(20(21,22)23)27(19(26)24-17)13-15-5-3-2-4-6-15/h2-6,11,14,16H,7-10,12-13H2,1H3. The zero-order valence-electron chi connectivity index (χ0n) is 16.1. The third-order valence-corrected chi connectivity index (χ3v) is 5.37. The Morgan fingerprint density at radius 1 is 1.21 bits per heavy atom. The number of hydrogen-bond donors (Lipinski definition) is 0. The van der Waals surface area contributed by atoms with Crippen LogP contribution in [0.5, 0.6) is 0 Å². The van der Waals surface area contributed by atoms with Gasteiger partial charge in [-0.1, -0.05) is 30.3 Å². The molecular formula is C20H23F3N4O2. The van der Waals surface area contributed by atoms with Crippen molar-refractivity contribution >= 4 is 11.8 Å². The molecule has 29 heavy (non-hydrogen) atoms. The summed E-state index contributed by atoms with van der Waals surface area (Å²) in [4.78, 5) is 20.4. The highest BCUT2D eigenvalue weighted by Crippen LogP contribution is 2.35. The van der Waals surface area contributed by atoms with Crippen molar-refractivity contribution in [2.75, 3.05) is 29.5 Å². The van der Waals surface area contributed by atoms with Crippen LogP contribution in [0.2, 0.25) is 0 Å². The average Bonchev–Trinajstić information content (AvgIpc) is 2.68. The van der Waals surface area contributed by atoms with E-state index in [1.807, 2.05) is 17.9 Å². The molecular weight excluding hydrogens is 385 g/mol. The summed E-state index contributed by atoms with van der Waals surface area (Å²) in [6, 6.07) is 8.66. The molecule has 156 valence electrons. The van der Waals surface area contributed by atoms with E-state index in [-0.39, 0.29) is 37.1 Å². The SMILES string of the molecule is CC1CN(c2cc(=O)n3c(n2)N(Cc2ccccc2)C(C(F)(F)F)CC3)CCO1. The summed E-state index contributed by atoms with van der Waals surface area (Å²) < 4.78 is 48.3. The Balaban J connectivity index is 1.76. The predicted molar refractivity (Wildman–Crippen MR) is 103 cm³/mol. The highest BCUT2D eigenvalue weighted by Gasteiger charge is 2.47. The first-order valence-electron chi connectivity index (χ1n) is 9.68. The van der Waals surface area contributed by atoms with Gasteiger partial charge in [0.2, 0.25) is 5.95 Å². The fourth-order valence-corrected chi connectivity index (χ4v) is 3.95. The Hall–Kier alpha value is -2.55. The zero-order valence-corrected chi connectivity index (χ0v) is 16.1. The molecule has 2 aromatic rings. The molecule has 3 heterocycles. The highest BCUT2D eigenvalue weighted by molar-refractivity contribution is 5.47. The van der Waals surface area contributed by atoms with E-state index in [9.17, 15) is 18.0 Å². The molecule has 4 rings (SSSR count). The minimum atomic E-state index is -4.42. The monoisotopic (exact) mass is 408 g/mol. The highest BCUT2D eigenvalue weighted by atomic mass is 19.4. The van der Waals surface area contributed by atoms with Crippen molar-refractivity contribution in [1.29, 1.82) is 0 Å². The lowest BCUT2D eigenvalue weighted by molar-refractivity contribution is -0.153. The number of hydrogen-bond acceptors (Lipinski definition) is 5. The fraction of sp³-hybridized carbons (Fsp3) is 0.500. The summed E-state index contributed by atoms with van der Waals surface area (Å²) in [6.07, 6.45) is -4.63. The van der Waals surface area contributed by atoms with Crippen molar-refractivity contribution in [2.45, 2.75) is 44.8 Å². The maximum atomic E-state index is 13.8. The lowest BCUT2D eigenvalue weighted by Gasteiger charge is -2.40. The van der Waals surface area contributed by atoms with E-state index in [0.717, 1.165) is 5.56 Å². The van der Waals surface area contributed by atoms with E-state index < -0.39 is 12.2 Å². The zero-order chi connectivity index (χ0) is 20.6. The molecule has 0 saturated carbocycles. The molecule has 0 amide bonds. The number of rotatable bonds is 3. The van der Waals surface area contributed by atoms with Crippen LogP contribution in [0.15, 0.2) is 41.2 Å². The topological polar surface area (TPSA) is 50.6 Å². The minimum absolute atomic E-state index is 0.00354. The van der Waals surface area contributed by atoms with E-state index in [1.54, 1.807) is 24.3 Å². The van der Waals surface area contributed by atoms with E-state index in [1.165, 1.54) is 15.5 Å². The number of aromatic nitrogens is 2. The first kappa shape index (κ1) is 19.8. The molecule has 2 aliphatic heterocycles. The average molecular weight is 408 g/mol. The van der Waals surface area contributed by atoms with Gasteiger partial charge in [0.15, 0.2) is 0 Å². The van der Waals surface area contributed by atoms with E-state index in [2.05, 4.69) is 4.98 Å². The first-order valence-corrected chi connectivity index (χ1v) is 9.68. The van der Waals surface area contributed by atoms with Gasteiger partial charge in [-0.25, -0.2) is 0 Å².